The van der Waals surface area contributed by atoms with Crippen LogP contribution in [0.5, 0.6) is 5.75 Å². The molecule has 1 unspecified atom stereocenters. The van der Waals surface area contributed by atoms with E-state index in [0.717, 1.165) is 17.0 Å². The largest absolute Gasteiger partial charge is 0.490 e. The zero-order chi connectivity index (χ0) is 15.2. The second-order valence-corrected chi connectivity index (χ2v) is 5.03. The molecule has 6 nitrogen and oxygen atoms in total. The standard InChI is InChI=1S/C15H22N2O4/c1-11(10-19-2)21-15(18)9-17-5-6-20-14-7-12(8-16)3-4-13(14)17/h3-4,7,11H,5-6,8-10,16H2,1-2H3. The quantitative estimate of drug-likeness (QED) is 0.787. The van der Waals surface area contributed by atoms with Gasteiger partial charge in [-0.3, -0.25) is 4.79 Å². The van der Waals surface area contributed by atoms with Crippen molar-refractivity contribution < 1.29 is 19.0 Å². The first-order chi connectivity index (χ1) is 10.1. The molecule has 1 aliphatic rings. The van der Waals surface area contributed by atoms with Crippen LogP contribution >= 0.6 is 0 Å². The molecule has 21 heavy (non-hydrogen) atoms. The van der Waals surface area contributed by atoms with Crippen molar-refractivity contribution in [2.75, 3.05) is 38.3 Å². The van der Waals surface area contributed by atoms with Crippen molar-refractivity contribution >= 4 is 11.7 Å². The van der Waals surface area contributed by atoms with Crippen LogP contribution < -0.4 is 15.4 Å². The highest BCUT2D eigenvalue weighted by molar-refractivity contribution is 5.77. The van der Waals surface area contributed by atoms with Crippen LogP contribution in [0.3, 0.4) is 0 Å². The van der Waals surface area contributed by atoms with Gasteiger partial charge in [-0.05, 0) is 24.6 Å². The molecule has 2 rings (SSSR count). The molecule has 0 fully saturated rings. The predicted molar refractivity (Wildman–Crippen MR) is 79.5 cm³/mol. The summed E-state index contributed by atoms with van der Waals surface area (Å²) in [5, 5.41) is 0. The Balaban J connectivity index is 2.01. The number of nitrogens with zero attached hydrogens (tertiary/aromatic N) is 1. The maximum Gasteiger partial charge on any atom is 0.325 e. The number of hydrogen-bond acceptors (Lipinski definition) is 6. The highest BCUT2D eigenvalue weighted by Gasteiger charge is 2.22. The summed E-state index contributed by atoms with van der Waals surface area (Å²) in [6.45, 7) is 4.07. The SMILES string of the molecule is COCC(C)OC(=O)CN1CCOc2cc(CN)ccc21. The van der Waals surface area contributed by atoms with Crippen molar-refractivity contribution in [3.05, 3.63) is 23.8 Å². The molecular formula is C15H22N2O4. The Kier molecular flexibility index (Phi) is 5.41. The lowest BCUT2D eigenvalue weighted by molar-refractivity contribution is -0.148. The maximum absolute atomic E-state index is 11.9. The average Bonchev–Trinajstić information content (AvgIpc) is 2.47. The minimum absolute atomic E-state index is 0.201. The van der Waals surface area contributed by atoms with Crippen LogP contribution in [0.2, 0.25) is 0 Å². The molecule has 0 aromatic heterocycles. The van der Waals surface area contributed by atoms with Gasteiger partial charge in [0.2, 0.25) is 0 Å². The number of ether oxygens (including phenoxy) is 3. The van der Waals surface area contributed by atoms with Gasteiger partial charge in [-0.25, -0.2) is 0 Å². The van der Waals surface area contributed by atoms with Gasteiger partial charge < -0.3 is 24.8 Å². The number of methoxy groups -OCH3 is 1. The summed E-state index contributed by atoms with van der Waals surface area (Å²) < 4.78 is 15.9. The highest BCUT2D eigenvalue weighted by atomic mass is 16.6. The van der Waals surface area contributed by atoms with Gasteiger partial charge in [0.25, 0.3) is 0 Å². The van der Waals surface area contributed by atoms with Crippen molar-refractivity contribution in [1.29, 1.82) is 0 Å². The lowest BCUT2D eigenvalue weighted by Crippen LogP contribution is -2.38. The van der Waals surface area contributed by atoms with Gasteiger partial charge in [-0.15, -0.1) is 0 Å². The molecule has 1 atom stereocenters. The van der Waals surface area contributed by atoms with E-state index in [9.17, 15) is 4.79 Å². The Morgan fingerprint density at radius 1 is 1.52 bits per heavy atom. The Bertz CT molecular complexity index is 493. The van der Waals surface area contributed by atoms with Gasteiger partial charge in [0, 0.05) is 13.7 Å². The third-order valence-electron chi connectivity index (χ3n) is 3.27. The van der Waals surface area contributed by atoms with E-state index in [4.69, 9.17) is 19.9 Å². The number of benzene rings is 1. The molecule has 1 aromatic rings. The van der Waals surface area contributed by atoms with E-state index in [-0.39, 0.29) is 18.6 Å². The highest BCUT2D eigenvalue weighted by Crippen LogP contribution is 2.32. The van der Waals surface area contributed by atoms with Crippen molar-refractivity contribution in [2.45, 2.75) is 19.6 Å². The summed E-state index contributed by atoms with van der Waals surface area (Å²) in [7, 11) is 1.58. The van der Waals surface area contributed by atoms with E-state index in [0.29, 0.717) is 26.3 Å². The third-order valence-corrected chi connectivity index (χ3v) is 3.27. The molecule has 1 heterocycles. The smallest absolute Gasteiger partial charge is 0.325 e. The summed E-state index contributed by atoms with van der Waals surface area (Å²) in [5.41, 5.74) is 7.53. The predicted octanol–water partition coefficient (Wildman–Crippen LogP) is 0.922. The van der Waals surface area contributed by atoms with Gasteiger partial charge in [0.05, 0.1) is 18.8 Å². The summed E-state index contributed by atoms with van der Waals surface area (Å²) in [6.07, 6.45) is -0.248. The Labute approximate surface area is 124 Å². The second-order valence-electron chi connectivity index (χ2n) is 5.03. The van der Waals surface area contributed by atoms with Gasteiger partial charge in [-0.2, -0.15) is 0 Å². The Morgan fingerprint density at radius 2 is 2.33 bits per heavy atom. The number of rotatable bonds is 6. The second kappa shape index (κ2) is 7.28. The van der Waals surface area contributed by atoms with Gasteiger partial charge >= 0.3 is 5.97 Å². The fourth-order valence-corrected chi connectivity index (χ4v) is 2.30. The van der Waals surface area contributed by atoms with Gasteiger partial charge in [0.1, 0.15) is 25.0 Å². The molecule has 0 saturated heterocycles. The fourth-order valence-electron chi connectivity index (χ4n) is 2.30. The van der Waals surface area contributed by atoms with Crippen LogP contribution in [0.1, 0.15) is 12.5 Å². The van der Waals surface area contributed by atoms with Crippen LogP contribution in [-0.2, 0) is 20.8 Å². The van der Waals surface area contributed by atoms with Crippen molar-refractivity contribution in [2.24, 2.45) is 5.73 Å². The van der Waals surface area contributed by atoms with Crippen molar-refractivity contribution in [3.63, 3.8) is 0 Å². The number of fused-ring (bicyclic) bond motifs is 1. The molecule has 0 radical (unpaired) electrons. The van der Waals surface area contributed by atoms with E-state index >= 15 is 0 Å². The molecule has 0 saturated carbocycles. The maximum atomic E-state index is 11.9. The number of anilines is 1. The zero-order valence-electron chi connectivity index (χ0n) is 12.5. The molecule has 0 spiro atoms. The molecular weight excluding hydrogens is 272 g/mol. The molecule has 116 valence electrons. The molecule has 6 heteroatoms. The van der Waals surface area contributed by atoms with Crippen LogP contribution in [0, 0.1) is 0 Å². The number of hydrogen-bond donors (Lipinski definition) is 1. The Hall–Kier alpha value is -1.79. The topological polar surface area (TPSA) is 74.0 Å². The van der Waals surface area contributed by atoms with E-state index in [2.05, 4.69) is 0 Å². The normalized spacial score (nSPS) is 15.1. The first-order valence-corrected chi connectivity index (χ1v) is 7.03. The average molecular weight is 294 g/mol. The van der Waals surface area contributed by atoms with Crippen LogP contribution in [0.4, 0.5) is 5.69 Å². The first-order valence-electron chi connectivity index (χ1n) is 7.03. The minimum Gasteiger partial charge on any atom is -0.490 e. The summed E-state index contributed by atoms with van der Waals surface area (Å²) in [4.78, 5) is 13.9. The molecule has 1 aliphatic heterocycles. The van der Waals surface area contributed by atoms with Gasteiger partial charge in [-0.1, -0.05) is 6.07 Å². The minimum atomic E-state index is -0.268. The number of carbonyl (C=O) groups is 1. The summed E-state index contributed by atoms with van der Waals surface area (Å²) >= 11 is 0. The monoisotopic (exact) mass is 294 g/mol. The number of carbonyl (C=O) groups excluding carboxylic acids is 1. The van der Waals surface area contributed by atoms with Crippen LogP contribution in [-0.4, -0.2) is 45.5 Å². The third kappa shape index (κ3) is 4.09. The van der Waals surface area contributed by atoms with Crippen molar-refractivity contribution in [1.82, 2.24) is 0 Å². The van der Waals surface area contributed by atoms with Crippen LogP contribution in [0.15, 0.2) is 18.2 Å². The molecule has 1 aromatic carbocycles. The van der Waals surface area contributed by atoms with E-state index < -0.39 is 0 Å². The molecule has 0 bridgehead atoms. The summed E-state index contributed by atoms with van der Waals surface area (Å²) in [5.74, 6) is 0.497. The van der Waals surface area contributed by atoms with E-state index in [1.54, 1.807) is 7.11 Å². The van der Waals surface area contributed by atoms with Crippen LogP contribution in [0.25, 0.3) is 0 Å². The number of esters is 1. The molecule has 0 amide bonds. The first kappa shape index (κ1) is 15.6. The van der Waals surface area contributed by atoms with Crippen molar-refractivity contribution in [3.8, 4) is 5.75 Å². The number of nitrogens with two attached hydrogens (primary N) is 1. The fraction of sp³-hybridized carbons (Fsp3) is 0.533. The molecule has 2 N–H and O–H groups in total. The Morgan fingerprint density at radius 3 is 3.05 bits per heavy atom. The zero-order valence-corrected chi connectivity index (χ0v) is 12.5. The van der Waals surface area contributed by atoms with Gasteiger partial charge in [0.15, 0.2) is 0 Å². The lowest BCUT2D eigenvalue weighted by atomic mass is 10.1. The lowest BCUT2D eigenvalue weighted by Gasteiger charge is -2.31. The summed E-state index contributed by atoms with van der Waals surface area (Å²) in [6, 6.07) is 5.79. The van der Waals surface area contributed by atoms with E-state index in [1.807, 2.05) is 30.0 Å². The molecule has 0 aliphatic carbocycles. The van der Waals surface area contributed by atoms with E-state index in [1.165, 1.54) is 0 Å².